The molecular formula is C52H32N6S. The summed E-state index contributed by atoms with van der Waals surface area (Å²) in [6, 6.07) is 66.4. The Labute approximate surface area is 344 Å². The number of benzene rings is 8. The minimum absolute atomic E-state index is 0.591. The van der Waals surface area contributed by atoms with E-state index in [4.69, 9.17) is 29.9 Å². The van der Waals surface area contributed by atoms with Crippen molar-refractivity contribution in [2.24, 2.45) is 0 Å². The first kappa shape index (κ1) is 34.5. The summed E-state index contributed by atoms with van der Waals surface area (Å²) in [5.41, 5.74) is 7.54. The molecule has 11 aromatic rings. The van der Waals surface area contributed by atoms with Gasteiger partial charge in [0, 0.05) is 53.6 Å². The van der Waals surface area contributed by atoms with E-state index in [0.717, 1.165) is 65.4 Å². The highest BCUT2D eigenvalue weighted by Gasteiger charge is 2.22. The van der Waals surface area contributed by atoms with Crippen molar-refractivity contribution in [2.75, 3.05) is 0 Å². The average Bonchev–Trinajstić information content (AvgIpc) is 3.70. The van der Waals surface area contributed by atoms with Gasteiger partial charge in [-0.3, -0.25) is 0 Å². The molecule has 0 aliphatic carbocycles. The van der Waals surface area contributed by atoms with Crippen LogP contribution in [0.1, 0.15) is 0 Å². The fourth-order valence-electron chi connectivity index (χ4n) is 7.76. The van der Waals surface area contributed by atoms with Crippen LogP contribution in [0.25, 0.3) is 110 Å². The molecule has 3 aromatic heterocycles. The van der Waals surface area contributed by atoms with E-state index in [1.165, 1.54) is 10.1 Å². The van der Waals surface area contributed by atoms with E-state index >= 15 is 0 Å². The molecule has 0 bridgehead atoms. The number of nitrogens with zero attached hydrogens (tertiary/aromatic N) is 6. The molecule has 0 amide bonds. The van der Waals surface area contributed by atoms with Gasteiger partial charge >= 0.3 is 0 Å². The number of hydrogen-bond donors (Lipinski definition) is 0. The first-order valence-electron chi connectivity index (χ1n) is 19.5. The quantitative estimate of drug-likeness (QED) is 0.161. The van der Waals surface area contributed by atoms with Crippen molar-refractivity contribution in [1.29, 1.82) is 0 Å². The van der Waals surface area contributed by atoms with Crippen molar-refractivity contribution in [2.45, 2.75) is 0 Å². The normalized spacial score (nSPS) is 11.4. The lowest BCUT2D eigenvalue weighted by atomic mass is 9.95. The maximum absolute atomic E-state index is 5.38. The van der Waals surface area contributed by atoms with Crippen LogP contribution in [-0.4, -0.2) is 29.9 Å². The van der Waals surface area contributed by atoms with Crippen LogP contribution in [-0.2, 0) is 0 Å². The summed E-state index contributed by atoms with van der Waals surface area (Å²) in [5, 5.41) is 4.57. The summed E-state index contributed by atoms with van der Waals surface area (Å²) in [4.78, 5) is 30.9. The Morgan fingerprint density at radius 3 is 1.44 bits per heavy atom. The van der Waals surface area contributed by atoms with E-state index in [1.807, 2.05) is 78.9 Å². The van der Waals surface area contributed by atoms with Crippen LogP contribution < -0.4 is 0 Å². The van der Waals surface area contributed by atoms with E-state index in [-0.39, 0.29) is 0 Å². The van der Waals surface area contributed by atoms with E-state index in [1.54, 1.807) is 11.3 Å². The first-order chi connectivity index (χ1) is 29.2. The topological polar surface area (TPSA) is 77.3 Å². The Kier molecular flexibility index (Phi) is 8.56. The van der Waals surface area contributed by atoms with E-state index in [0.29, 0.717) is 34.9 Å². The van der Waals surface area contributed by atoms with Crippen LogP contribution in [0.15, 0.2) is 194 Å². The third kappa shape index (κ3) is 6.40. The van der Waals surface area contributed by atoms with Crippen LogP contribution in [0.3, 0.4) is 0 Å². The van der Waals surface area contributed by atoms with Crippen molar-refractivity contribution in [1.82, 2.24) is 29.9 Å². The van der Waals surface area contributed by atoms with Crippen molar-refractivity contribution < 1.29 is 0 Å². The largest absolute Gasteiger partial charge is 0.208 e. The van der Waals surface area contributed by atoms with Crippen LogP contribution in [0.5, 0.6) is 0 Å². The van der Waals surface area contributed by atoms with Gasteiger partial charge < -0.3 is 0 Å². The van der Waals surface area contributed by atoms with E-state index in [9.17, 15) is 0 Å². The summed E-state index contributed by atoms with van der Waals surface area (Å²) in [6.07, 6.45) is 0. The van der Waals surface area contributed by atoms with E-state index < -0.39 is 0 Å². The second kappa shape index (κ2) is 14.6. The molecular weight excluding hydrogens is 741 g/mol. The summed E-state index contributed by atoms with van der Waals surface area (Å²) >= 11 is 1.76. The zero-order valence-electron chi connectivity index (χ0n) is 31.6. The van der Waals surface area contributed by atoms with Crippen molar-refractivity contribution in [3.8, 4) is 79.5 Å². The fraction of sp³-hybridized carbons (Fsp3) is 0. The Hall–Kier alpha value is -7.74. The second-order valence-corrected chi connectivity index (χ2v) is 15.3. The van der Waals surface area contributed by atoms with Gasteiger partial charge in [0.05, 0.1) is 0 Å². The Morgan fingerprint density at radius 2 is 0.763 bits per heavy atom. The number of rotatable bonds is 7. The highest BCUT2D eigenvalue weighted by atomic mass is 32.1. The molecule has 0 N–H and O–H groups in total. The lowest BCUT2D eigenvalue weighted by Crippen LogP contribution is -2.02. The third-order valence-electron chi connectivity index (χ3n) is 10.6. The fourth-order valence-corrected chi connectivity index (χ4v) is 9.01. The maximum Gasteiger partial charge on any atom is 0.166 e. The molecule has 0 fully saturated rings. The molecule has 6 nitrogen and oxygen atoms in total. The highest BCUT2D eigenvalue weighted by molar-refractivity contribution is 7.26. The molecule has 276 valence electrons. The Morgan fingerprint density at radius 1 is 0.288 bits per heavy atom. The van der Waals surface area contributed by atoms with Gasteiger partial charge in [0.15, 0.2) is 34.9 Å². The van der Waals surface area contributed by atoms with Gasteiger partial charge in [-0.2, -0.15) is 0 Å². The second-order valence-electron chi connectivity index (χ2n) is 14.3. The zero-order chi connectivity index (χ0) is 39.1. The molecule has 0 saturated heterocycles. The van der Waals surface area contributed by atoms with Crippen molar-refractivity contribution in [3.63, 3.8) is 0 Å². The smallest absolute Gasteiger partial charge is 0.166 e. The molecule has 3 heterocycles. The lowest BCUT2D eigenvalue weighted by Gasteiger charge is -2.15. The molecule has 8 aromatic carbocycles. The lowest BCUT2D eigenvalue weighted by molar-refractivity contribution is 1.07. The van der Waals surface area contributed by atoms with Gasteiger partial charge in [0.2, 0.25) is 0 Å². The molecule has 59 heavy (non-hydrogen) atoms. The molecule has 0 aliphatic heterocycles. The predicted molar refractivity (Wildman–Crippen MR) is 242 cm³/mol. The van der Waals surface area contributed by atoms with Crippen molar-refractivity contribution >= 4 is 42.3 Å². The molecule has 11 rings (SSSR count). The molecule has 0 atom stereocenters. The number of hydrogen-bond acceptors (Lipinski definition) is 7. The minimum Gasteiger partial charge on any atom is -0.208 e. The van der Waals surface area contributed by atoms with Crippen molar-refractivity contribution in [3.05, 3.63) is 194 Å². The summed E-state index contributed by atoms with van der Waals surface area (Å²) in [7, 11) is 0. The van der Waals surface area contributed by atoms with Crippen LogP contribution >= 0.6 is 11.3 Å². The highest BCUT2D eigenvalue weighted by Crippen LogP contribution is 2.45. The number of thiophene rings is 1. The SMILES string of the molecule is c1ccc(-c2nc(-c3ccccc3)nc(-c3cccc(-c4ccc5c(sc6ccccc65)c4-c4nc(-c5ccccc5)nc(-c5cccc6ccccc56)n4)c3)n2)cc1. The van der Waals surface area contributed by atoms with Gasteiger partial charge in [-0.05, 0) is 34.0 Å². The van der Waals surface area contributed by atoms with Crippen LogP contribution in [0.2, 0.25) is 0 Å². The summed E-state index contributed by atoms with van der Waals surface area (Å²) in [5.74, 6) is 3.67. The van der Waals surface area contributed by atoms with Gasteiger partial charge in [-0.1, -0.05) is 182 Å². The number of fused-ring (bicyclic) bond motifs is 4. The predicted octanol–water partition coefficient (Wildman–Crippen LogP) is 13.2. The first-order valence-corrected chi connectivity index (χ1v) is 20.3. The molecule has 0 radical (unpaired) electrons. The zero-order valence-corrected chi connectivity index (χ0v) is 32.4. The number of aromatic nitrogens is 6. The Bertz CT molecular complexity index is 3270. The Balaban J connectivity index is 1.16. The molecule has 0 unspecified atom stereocenters. The monoisotopic (exact) mass is 772 g/mol. The maximum atomic E-state index is 5.38. The van der Waals surface area contributed by atoms with E-state index in [2.05, 4.69) is 115 Å². The molecule has 0 saturated carbocycles. The molecule has 0 spiro atoms. The van der Waals surface area contributed by atoms with Gasteiger partial charge in [0.1, 0.15) is 0 Å². The van der Waals surface area contributed by atoms with Crippen LogP contribution in [0.4, 0.5) is 0 Å². The van der Waals surface area contributed by atoms with Gasteiger partial charge in [0.25, 0.3) is 0 Å². The minimum atomic E-state index is 0.591. The summed E-state index contributed by atoms with van der Waals surface area (Å²) < 4.78 is 2.31. The third-order valence-corrected chi connectivity index (χ3v) is 11.8. The molecule has 7 heteroatoms. The standard InChI is InChI=1S/C52H32N6S/c1-4-17-34(18-5-1)47-53-48(35-19-6-2-7-20-35)55-50(54-47)38-25-14-24-37(32-38)40-30-31-42-41-27-12-13-29-44(41)59-46(42)45(40)52-57-49(36-21-8-3-9-22-36)56-51(58-52)43-28-15-23-33-16-10-11-26-39(33)43/h1-32H. The molecule has 0 aliphatic rings. The van der Waals surface area contributed by atoms with Gasteiger partial charge in [-0.25, -0.2) is 29.9 Å². The van der Waals surface area contributed by atoms with Gasteiger partial charge in [-0.15, -0.1) is 11.3 Å². The average molecular weight is 773 g/mol. The van der Waals surface area contributed by atoms with Crippen LogP contribution in [0, 0.1) is 0 Å². The summed E-state index contributed by atoms with van der Waals surface area (Å²) in [6.45, 7) is 0.